The first kappa shape index (κ1) is 9.27. The van der Waals surface area contributed by atoms with E-state index < -0.39 is 0 Å². The second-order valence-corrected chi connectivity index (χ2v) is 5.23. The summed E-state index contributed by atoms with van der Waals surface area (Å²) in [6, 6.07) is 2.42. The van der Waals surface area contributed by atoms with Crippen molar-refractivity contribution in [1.29, 1.82) is 0 Å². The largest absolute Gasteiger partial charge is 0.481 e. The van der Waals surface area contributed by atoms with Crippen molar-refractivity contribution in [2.45, 2.75) is 17.7 Å². The molecule has 0 aliphatic carbocycles. The summed E-state index contributed by atoms with van der Waals surface area (Å²) in [5, 5.41) is 0.782. The lowest BCUT2D eigenvalue weighted by Crippen LogP contribution is -2.35. The first-order valence-electron chi connectivity index (χ1n) is 5.12. The summed E-state index contributed by atoms with van der Waals surface area (Å²) in [6.45, 7) is 1.09. The lowest BCUT2D eigenvalue weighted by molar-refractivity contribution is 0.396. The van der Waals surface area contributed by atoms with Crippen LogP contribution in [0.1, 0.15) is 6.42 Å². The molecule has 15 heavy (non-hydrogen) atoms. The molecule has 1 aromatic rings. The predicted octanol–water partition coefficient (Wildman–Crippen LogP) is 1.18. The van der Waals surface area contributed by atoms with Gasteiger partial charge in [-0.3, -0.25) is 0 Å². The quantitative estimate of drug-likeness (QED) is 0.752. The zero-order chi connectivity index (χ0) is 10.3. The fourth-order valence-corrected chi connectivity index (χ4v) is 3.66. The van der Waals surface area contributed by atoms with Crippen LogP contribution in [-0.4, -0.2) is 40.7 Å². The van der Waals surface area contributed by atoms with Crippen molar-refractivity contribution in [2.75, 3.05) is 24.3 Å². The smallest absolute Gasteiger partial charge is 0.228 e. The summed E-state index contributed by atoms with van der Waals surface area (Å²) < 4.78 is 5.11. The van der Waals surface area contributed by atoms with E-state index in [4.69, 9.17) is 4.74 Å². The molecule has 5 heteroatoms. The lowest BCUT2D eigenvalue weighted by Gasteiger charge is -2.26. The van der Waals surface area contributed by atoms with Crippen LogP contribution in [0.3, 0.4) is 0 Å². The van der Waals surface area contributed by atoms with Gasteiger partial charge >= 0.3 is 0 Å². The van der Waals surface area contributed by atoms with Crippen LogP contribution < -0.4 is 9.64 Å². The Morgan fingerprint density at radius 3 is 3.20 bits per heavy atom. The highest BCUT2D eigenvalue weighted by Gasteiger charge is 2.39. The van der Waals surface area contributed by atoms with Gasteiger partial charge in [0.25, 0.3) is 0 Å². The van der Waals surface area contributed by atoms with E-state index >= 15 is 0 Å². The molecule has 0 radical (unpaired) electrons. The Balaban J connectivity index is 1.86. The topological polar surface area (TPSA) is 38.2 Å². The van der Waals surface area contributed by atoms with Crippen molar-refractivity contribution in [3.8, 4) is 5.88 Å². The Morgan fingerprint density at radius 1 is 1.60 bits per heavy atom. The van der Waals surface area contributed by atoms with E-state index in [2.05, 4.69) is 26.6 Å². The maximum Gasteiger partial charge on any atom is 0.228 e. The number of methoxy groups -OCH3 is 1. The van der Waals surface area contributed by atoms with Crippen LogP contribution >= 0.6 is 11.8 Å². The molecule has 2 saturated heterocycles. The average molecular weight is 223 g/mol. The predicted molar refractivity (Wildman–Crippen MR) is 60.6 cm³/mol. The molecule has 2 unspecified atom stereocenters. The number of thioether (sulfide) groups is 1. The zero-order valence-corrected chi connectivity index (χ0v) is 9.41. The summed E-state index contributed by atoms with van der Waals surface area (Å²) in [7, 11) is 1.64. The fraction of sp³-hybridized carbons (Fsp3) is 0.600. The molecule has 3 heterocycles. The molecule has 2 fully saturated rings. The molecule has 2 aliphatic rings. The van der Waals surface area contributed by atoms with Crippen LogP contribution in [0, 0.1) is 0 Å². The molecular formula is C10H13N3OS. The van der Waals surface area contributed by atoms with E-state index in [1.165, 1.54) is 12.2 Å². The van der Waals surface area contributed by atoms with Gasteiger partial charge in [0.2, 0.25) is 11.8 Å². The van der Waals surface area contributed by atoms with E-state index in [9.17, 15) is 0 Å². The number of rotatable bonds is 2. The molecule has 3 rings (SSSR count). The van der Waals surface area contributed by atoms with Gasteiger partial charge in [0.1, 0.15) is 0 Å². The van der Waals surface area contributed by atoms with Crippen LogP contribution in [0.5, 0.6) is 5.88 Å². The lowest BCUT2D eigenvalue weighted by atomic mass is 10.2. The van der Waals surface area contributed by atoms with Gasteiger partial charge in [-0.1, -0.05) is 0 Å². The molecular weight excluding hydrogens is 210 g/mol. The van der Waals surface area contributed by atoms with Gasteiger partial charge in [0, 0.05) is 35.9 Å². The minimum absolute atomic E-state index is 0.632. The first-order valence-corrected chi connectivity index (χ1v) is 6.17. The van der Waals surface area contributed by atoms with Crippen LogP contribution in [0.15, 0.2) is 12.3 Å². The minimum atomic E-state index is 0.632. The average Bonchev–Trinajstić information content (AvgIpc) is 2.91. The van der Waals surface area contributed by atoms with Crippen LogP contribution in [-0.2, 0) is 0 Å². The summed E-state index contributed by atoms with van der Waals surface area (Å²) in [5.41, 5.74) is 0. The number of ether oxygens (including phenoxy) is 1. The SMILES string of the molecule is COc1ccnc(N2CC3CC2CS3)n1. The van der Waals surface area contributed by atoms with Gasteiger partial charge in [-0.25, -0.2) is 4.98 Å². The Morgan fingerprint density at radius 2 is 2.53 bits per heavy atom. The zero-order valence-electron chi connectivity index (χ0n) is 8.59. The summed E-state index contributed by atoms with van der Waals surface area (Å²) in [4.78, 5) is 11.0. The van der Waals surface area contributed by atoms with Crippen molar-refractivity contribution in [3.05, 3.63) is 12.3 Å². The van der Waals surface area contributed by atoms with Gasteiger partial charge in [-0.2, -0.15) is 16.7 Å². The van der Waals surface area contributed by atoms with Crippen molar-refractivity contribution >= 4 is 17.7 Å². The number of aromatic nitrogens is 2. The fourth-order valence-electron chi connectivity index (χ4n) is 2.23. The molecule has 4 nitrogen and oxygen atoms in total. The van der Waals surface area contributed by atoms with E-state index in [0.29, 0.717) is 11.9 Å². The Kier molecular flexibility index (Phi) is 2.20. The molecule has 0 amide bonds. The van der Waals surface area contributed by atoms with Crippen molar-refractivity contribution in [2.24, 2.45) is 0 Å². The van der Waals surface area contributed by atoms with Crippen LogP contribution in [0.2, 0.25) is 0 Å². The van der Waals surface area contributed by atoms with Crippen LogP contribution in [0.25, 0.3) is 0 Å². The monoisotopic (exact) mass is 223 g/mol. The van der Waals surface area contributed by atoms with Gasteiger partial charge in [0.05, 0.1) is 7.11 Å². The van der Waals surface area contributed by atoms with Crippen LogP contribution in [0.4, 0.5) is 5.95 Å². The van der Waals surface area contributed by atoms with E-state index in [-0.39, 0.29) is 0 Å². The van der Waals surface area contributed by atoms with Gasteiger partial charge in [0.15, 0.2) is 0 Å². The maximum absolute atomic E-state index is 5.11. The second-order valence-electron chi connectivity index (χ2n) is 3.90. The summed E-state index contributed by atoms with van der Waals surface area (Å²) in [5.74, 6) is 2.68. The van der Waals surface area contributed by atoms with Gasteiger partial charge < -0.3 is 9.64 Å². The van der Waals surface area contributed by atoms with Gasteiger partial charge in [-0.05, 0) is 6.42 Å². The first-order chi connectivity index (χ1) is 7.36. The minimum Gasteiger partial charge on any atom is -0.481 e. The molecule has 0 N–H and O–H groups in total. The standard InChI is InChI=1S/C10H13N3OS/c1-14-9-2-3-11-10(12-9)13-5-8-4-7(13)6-15-8/h2-3,7-8H,4-6H2,1H3. The molecule has 2 aliphatic heterocycles. The third-order valence-electron chi connectivity index (χ3n) is 2.98. The Bertz CT molecular complexity index is 373. The molecule has 80 valence electrons. The highest BCUT2D eigenvalue weighted by molar-refractivity contribution is 8.00. The number of fused-ring (bicyclic) bond motifs is 2. The number of hydrogen-bond acceptors (Lipinski definition) is 5. The Labute approximate surface area is 93.0 Å². The third-order valence-corrected chi connectivity index (χ3v) is 4.37. The summed E-state index contributed by atoms with van der Waals surface area (Å²) in [6.07, 6.45) is 3.05. The normalized spacial score (nSPS) is 28.5. The number of hydrogen-bond donors (Lipinski definition) is 0. The third kappa shape index (κ3) is 1.55. The van der Waals surface area contributed by atoms with Crippen molar-refractivity contribution < 1.29 is 4.74 Å². The molecule has 0 saturated carbocycles. The Hall–Kier alpha value is -0.970. The molecule has 0 spiro atoms. The number of nitrogens with zero attached hydrogens (tertiary/aromatic N) is 3. The van der Waals surface area contributed by atoms with E-state index in [1.807, 2.05) is 0 Å². The highest BCUT2D eigenvalue weighted by Crippen LogP contribution is 2.38. The highest BCUT2D eigenvalue weighted by atomic mass is 32.2. The molecule has 0 aromatic carbocycles. The van der Waals surface area contributed by atoms with E-state index in [1.54, 1.807) is 19.4 Å². The molecule has 1 aromatic heterocycles. The van der Waals surface area contributed by atoms with Gasteiger partial charge in [-0.15, -0.1) is 0 Å². The van der Waals surface area contributed by atoms with Crippen molar-refractivity contribution in [3.63, 3.8) is 0 Å². The molecule has 2 bridgehead atoms. The molecule has 2 atom stereocenters. The maximum atomic E-state index is 5.11. The van der Waals surface area contributed by atoms with E-state index in [0.717, 1.165) is 17.7 Å². The second kappa shape index (κ2) is 3.56. The number of anilines is 1. The summed E-state index contributed by atoms with van der Waals surface area (Å²) >= 11 is 2.07. The van der Waals surface area contributed by atoms with Crippen molar-refractivity contribution in [1.82, 2.24) is 9.97 Å².